The van der Waals surface area contributed by atoms with Crippen LogP contribution in [0, 0.1) is 0 Å². The number of benzene rings is 1. The normalized spacial score (nSPS) is 19.4. The first kappa shape index (κ1) is 26.8. The molecule has 7 nitrogen and oxygen atoms in total. The maximum atomic E-state index is 13.6. The number of pyridine rings is 1. The molecule has 1 fully saturated rings. The third-order valence-corrected chi connectivity index (χ3v) is 10.3. The molecule has 0 radical (unpaired) electrons. The van der Waals surface area contributed by atoms with Crippen molar-refractivity contribution in [1.29, 1.82) is 0 Å². The standard InChI is InChI=1S/C25H26N2O5S2.ClH/c1-2-18-6-8-19(9-7-18)21-10-11-22(33-21)25(17-23(28)29)12-14-27(15-16-34(25,31)32)24(30)20-5-3-4-13-26-20;/h3-11,13H,2,12,14-17H2,1H3,(H,28,29);1H/t25-;/m0./s1. The Morgan fingerprint density at radius 3 is 2.46 bits per heavy atom. The van der Waals surface area contributed by atoms with Crippen LogP contribution in [-0.4, -0.2) is 54.1 Å². The van der Waals surface area contributed by atoms with Gasteiger partial charge in [0.25, 0.3) is 5.91 Å². The zero-order chi connectivity index (χ0) is 24.3. The van der Waals surface area contributed by atoms with E-state index in [9.17, 15) is 23.1 Å². The predicted octanol–water partition coefficient (Wildman–Crippen LogP) is 4.43. The van der Waals surface area contributed by atoms with E-state index < -0.39 is 27.0 Å². The number of carboxylic acid groups (broad SMARTS) is 1. The van der Waals surface area contributed by atoms with E-state index in [1.165, 1.54) is 28.0 Å². The van der Waals surface area contributed by atoms with Crippen molar-refractivity contribution in [1.82, 2.24) is 9.88 Å². The lowest BCUT2D eigenvalue weighted by Crippen LogP contribution is -2.39. The zero-order valence-corrected chi connectivity index (χ0v) is 21.7. The Morgan fingerprint density at radius 2 is 1.83 bits per heavy atom. The molecule has 2 aromatic heterocycles. The molecule has 0 bridgehead atoms. The highest BCUT2D eigenvalue weighted by atomic mass is 35.5. The molecule has 1 atom stereocenters. The summed E-state index contributed by atoms with van der Waals surface area (Å²) < 4.78 is 25.6. The number of hydrogen-bond acceptors (Lipinski definition) is 6. The SMILES string of the molecule is CCc1ccc(-c2ccc([C@@]3(CC(=O)O)CCN(C(=O)c4ccccn4)CCS3(=O)=O)s2)cc1.Cl. The minimum absolute atomic E-state index is 0. The molecular formula is C25H27ClN2O5S2. The van der Waals surface area contributed by atoms with Crippen LogP contribution in [0.5, 0.6) is 0 Å². The van der Waals surface area contributed by atoms with E-state index in [0.29, 0.717) is 4.88 Å². The quantitative estimate of drug-likeness (QED) is 0.502. The van der Waals surface area contributed by atoms with Gasteiger partial charge in [-0.25, -0.2) is 8.42 Å². The minimum atomic E-state index is -3.88. The van der Waals surface area contributed by atoms with Crippen molar-refractivity contribution in [2.45, 2.75) is 30.9 Å². The van der Waals surface area contributed by atoms with Crippen LogP contribution in [0.2, 0.25) is 0 Å². The number of rotatable bonds is 6. The van der Waals surface area contributed by atoms with Crippen molar-refractivity contribution in [2.75, 3.05) is 18.8 Å². The molecule has 3 aromatic rings. The molecule has 1 aromatic carbocycles. The molecule has 35 heavy (non-hydrogen) atoms. The molecule has 4 rings (SSSR count). The maximum Gasteiger partial charge on any atom is 0.305 e. The number of amides is 1. The monoisotopic (exact) mass is 534 g/mol. The summed E-state index contributed by atoms with van der Waals surface area (Å²) in [4.78, 5) is 31.7. The molecule has 10 heteroatoms. The van der Waals surface area contributed by atoms with Gasteiger partial charge in [0.15, 0.2) is 9.84 Å². The van der Waals surface area contributed by atoms with Crippen molar-refractivity contribution in [2.24, 2.45) is 0 Å². The van der Waals surface area contributed by atoms with Gasteiger partial charge in [-0.05, 0) is 48.2 Å². The number of aliphatic carboxylic acids is 1. The summed E-state index contributed by atoms with van der Waals surface area (Å²) in [5, 5.41) is 9.70. The third kappa shape index (κ3) is 5.42. The van der Waals surface area contributed by atoms with E-state index in [1.807, 2.05) is 30.3 Å². The number of aryl methyl sites for hydroxylation is 1. The van der Waals surface area contributed by atoms with Gasteiger partial charge in [-0.3, -0.25) is 14.6 Å². The maximum absolute atomic E-state index is 13.6. The average molecular weight is 535 g/mol. The molecule has 0 aliphatic carbocycles. The molecule has 1 amide bonds. The van der Waals surface area contributed by atoms with Crippen LogP contribution >= 0.6 is 23.7 Å². The van der Waals surface area contributed by atoms with Crippen molar-refractivity contribution < 1.29 is 23.1 Å². The molecule has 0 unspecified atom stereocenters. The van der Waals surface area contributed by atoms with E-state index in [0.717, 1.165) is 16.9 Å². The fraction of sp³-hybridized carbons (Fsp3) is 0.320. The summed E-state index contributed by atoms with van der Waals surface area (Å²) in [7, 11) is -3.88. The second-order valence-corrected chi connectivity index (χ2v) is 11.9. The first-order valence-electron chi connectivity index (χ1n) is 11.1. The predicted molar refractivity (Wildman–Crippen MR) is 139 cm³/mol. The summed E-state index contributed by atoms with van der Waals surface area (Å²) in [6.45, 7) is 2.20. The molecule has 1 N–H and O–H groups in total. The number of carboxylic acids is 1. The molecule has 0 saturated carbocycles. The molecule has 3 heterocycles. The minimum Gasteiger partial charge on any atom is -0.481 e. The first-order valence-corrected chi connectivity index (χ1v) is 13.6. The van der Waals surface area contributed by atoms with Crippen LogP contribution in [0.25, 0.3) is 10.4 Å². The highest BCUT2D eigenvalue weighted by molar-refractivity contribution is 7.92. The Hall–Kier alpha value is -2.75. The molecule has 1 aliphatic rings. The van der Waals surface area contributed by atoms with Gasteiger partial charge in [0.1, 0.15) is 10.4 Å². The lowest BCUT2D eigenvalue weighted by atomic mass is 9.97. The van der Waals surface area contributed by atoms with Gasteiger partial charge in [0.05, 0.1) is 12.2 Å². The number of nitrogens with zero attached hydrogens (tertiary/aromatic N) is 2. The van der Waals surface area contributed by atoms with Crippen LogP contribution in [0.4, 0.5) is 0 Å². The smallest absolute Gasteiger partial charge is 0.305 e. The number of thiophene rings is 1. The molecule has 186 valence electrons. The van der Waals surface area contributed by atoms with Gasteiger partial charge >= 0.3 is 5.97 Å². The Morgan fingerprint density at radius 1 is 1.09 bits per heavy atom. The lowest BCUT2D eigenvalue weighted by molar-refractivity contribution is -0.137. The van der Waals surface area contributed by atoms with Gasteiger partial charge in [0, 0.05) is 29.0 Å². The number of halogens is 1. The van der Waals surface area contributed by atoms with Crippen LogP contribution in [0.1, 0.15) is 40.7 Å². The molecular weight excluding hydrogens is 508 g/mol. The molecule has 1 saturated heterocycles. The van der Waals surface area contributed by atoms with Gasteiger partial charge in [-0.2, -0.15) is 0 Å². The topological polar surface area (TPSA) is 105 Å². The molecule has 0 spiro atoms. The van der Waals surface area contributed by atoms with Crippen LogP contribution in [-0.2, 0) is 25.8 Å². The number of sulfone groups is 1. The average Bonchev–Trinajstić information content (AvgIpc) is 3.29. The van der Waals surface area contributed by atoms with Crippen molar-refractivity contribution in [3.63, 3.8) is 0 Å². The van der Waals surface area contributed by atoms with Gasteiger partial charge in [-0.15, -0.1) is 23.7 Å². The van der Waals surface area contributed by atoms with E-state index in [2.05, 4.69) is 11.9 Å². The fourth-order valence-electron chi connectivity index (χ4n) is 4.31. The third-order valence-electron chi connectivity index (χ3n) is 6.32. The molecule has 1 aliphatic heterocycles. The van der Waals surface area contributed by atoms with Crippen LogP contribution in [0.15, 0.2) is 60.8 Å². The van der Waals surface area contributed by atoms with Crippen LogP contribution in [0.3, 0.4) is 0 Å². The van der Waals surface area contributed by atoms with Gasteiger partial charge in [-0.1, -0.05) is 37.3 Å². The largest absolute Gasteiger partial charge is 0.481 e. The highest BCUT2D eigenvalue weighted by Gasteiger charge is 2.50. The highest BCUT2D eigenvalue weighted by Crippen LogP contribution is 2.45. The Kier molecular flexibility index (Phi) is 8.35. The zero-order valence-electron chi connectivity index (χ0n) is 19.2. The van der Waals surface area contributed by atoms with Gasteiger partial charge < -0.3 is 10.0 Å². The summed E-state index contributed by atoms with van der Waals surface area (Å²) >= 11 is 1.31. The number of carbonyl (C=O) groups is 2. The van der Waals surface area contributed by atoms with E-state index in [4.69, 9.17) is 0 Å². The second-order valence-electron chi connectivity index (χ2n) is 8.36. The summed E-state index contributed by atoms with van der Waals surface area (Å²) in [6.07, 6.45) is 1.89. The summed E-state index contributed by atoms with van der Waals surface area (Å²) in [6, 6.07) is 16.6. The van der Waals surface area contributed by atoms with E-state index in [1.54, 1.807) is 24.3 Å². The van der Waals surface area contributed by atoms with Crippen LogP contribution < -0.4 is 0 Å². The van der Waals surface area contributed by atoms with Gasteiger partial charge in [0.2, 0.25) is 0 Å². The Balaban J connectivity index is 0.00000342. The van der Waals surface area contributed by atoms with Crippen molar-refractivity contribution in [3.8, 4) is 10.4 Å². The Bertz CT molecular complexity index is 1290. The number of carbonyl (C=O) groups excluding carboxylic acids is 1. The van der Waals surface area contributed by atoms with Crippen molar-refractivity contribution in [3.05, 3.63) is 76.9 Å². The number of aromatic nitrogens is 1. The summed E-state index contributed by atoms with van der Waals surface area (Å²) in [5.41, 5.74) is 2.39. The second kappa shape index (κ2) is 10.9. The lowest BCUT2D eigenvalue weighted by Gasteiger charge is -2.29. The Labute approximate surface area is 215 Å². The summed E-state index contributed by atoms with van der Waals surface area (Å²) in [5.74, 6) is -1.85. The van der Waals surface area contributed by atoms with E-state index in [-0.39, 0.29) is 49.3 Å². The number of hydrogen-bond donors (Lipinski definition) is 1. The first-order chi connectivity index (χ1) is 16.3. The van der Waals surface area contributed by atoms with Crippen molar-refractivity contribution >= 4 is 45.5 Å². The van der Waals surface area contributed by atoms with E-state index >= 15 is 0 Å². The fourth-order valence-corrected chi connectivity index (χ4v) is 7.91.